The van der Waals surface area contributed by atoms with Gasteiger partial charge >= 0.3 is 6.03 Å². The first-order chi connectivity index (χ1) is 6.49. The van der Waals surface area contributed by atoms with Crippen LogP contribution in [-0.2, 0) is 0 Å². The highest BCUT2D eigenvalue weighted by molar-refractivity contribution is 5.74. The number of urea groups is 1. The van der Waals surface area contributed by atoms with Gasteiger partial charge in [0, 0.05) is 26.2 Å². The molecule has 0 aromatic rings. The van der Waals surface area contributed by atoms with Crippen molar-refractivity contribution < 1.29 is 4.79 Å². The first kappa shape index (κ1) is 11.3. The molecule has 1 heterocycles. The molecule has 14 heavy (non-hydrogen) atoms. The zero-order valence-corrected chi connectivity index (χ0v) is 9.95. The zero-order chi connectivity index (χ0) is 10.9. The Morgan fingerprint density at radius 1 is 1.43 bits per heavy atom. The summed E-state index contributed by atoms with van der Waals surface area (Å²) in [6.45, 7) is 10.3. The topological polar surface area (TPSA) is 23.6 Å². The van der Waals surface area contributed by atoms with E-state index in [0.29, 0.717) is 17.9 Å². The van der Waals surface area contributed by atoms with E-state index in [1.54, 1.807) is 4.90 Å². The fourth-order valence-electron chi connectivity index (χ4n) is 2.01. The van der Waals surface area contributed by atoms with Crippen LogP contribution in [0.2, 0.25) is 0 Å². The van der Waals surface area contributed by atoms with E-state index >= 15 is 0 Å². The minimum atomic E-state index is 0.177. The van der Waals surface area contributed by atoms with Crippen LogP contribution in [0.4, 0.5) is 4.79 Å². The molecule has 0 bridgehead atoms. The highest BCUT2D eigenvalue weighted by Gasteiger charge is 2.36. The first-order valence-electron chi connectivity index (χ1n) is 5.50. The standard InChI is InChI=1S/C11H22N2O/c1-6-12(5)11(14)13-7-8(2)9(3)10(13)4/h8-10H,6-7H2,1-5H3. The second kappa shape index (κ2) is 4.20. The molecule has 3 unspecified atom stereocenters. The first-order valence-corrected chi connectivity index (χ1v) is 5.50. The SMILES string of the molecule is CCN(C)C(=O)N1CC(C)C(C)C1C. The fraction of sp³-hybridized carbons (Fsp3) is 0.909. The lowest BCUT2D eigenvalue weighted by atomic mass is 9.95. The quantitative estimate of drug-likeness (QED) is 0.632. The monoisotopic (exact) mass is 198 g/mol. The maximum atomic E-state index is 11.9. The maximum absolute atomic E-state index is 11.9. The number of rotatable bonds is 1. The van der Waals surface area contributed by atoms with Crippen molar-refractivity contribution in [2.45, 2.75) is 33.7 Å². The number of nitrogens with zero attached hydrogens (tertiary/aromatic N) is 2. The van der Waals surface area contributed by atoms with Gasteiger partial charge in [0.2, 0.25) is 0 Å². The van der Waals surface area contributed by atoms with Crippen LogP contribution in [0, 0.1) is 11.8 Å². The number of hydrogen-bond donors (Lipinski definition) is 0. The summed E-state index contributed by atoms with van der Waals surface area (Å²) < 4.78 is 0. The highest BCUT2D eigenvalue weighted by Crippen LogP contribution is 2.29. The lowest BCUT2D eigenvalue weighted by Gasteiger charge is -2.28. The van der Waals surface area contributed by atoms with Crippen molar-refractivity contribution in [2.24, 2.45) is 11.8 Å². The van der Waals surface area contributed by atoms with Gasteiger partial charge in [0.1, 0.15) is 0 Å². The number of carbonyl (C=O) groups excluding carboxylic acids is 1. The highest BCUT2D eigenvalue weighted by atomic mass is 16.2. The molecular formula is C11H22N2O. The molecule has 3 heteroatoms. The Balaban J connectivity index is 2.66. The van der Waals surface area contributed by atoms with Gasteiger partial charge < -0.3 is 9.80 Å². The number of likely N-dealkylation sites (tertiary alicyclic amines) is 1. The molecule has 1 saturated heterocycles. The van der Waals surface area contributed by atoms with E-state index < -0.39 is 0 Å². The Kier molecular flexibility index (Phi) is 3.40. The Morgan fingerprint density at radius 2 is 2.00 bits per heavy atom. The summed E-state index contributed by atoms with van der Waals surface area (Å²) in [5, 5.41) is 0. The van der Waals surface area contributed by atoms with Crippen molar-refractivity contribution in [3.8, 4) is 0 Å². The molecule has 0 aromatic carbocycles. The Bertz CT molecular complexity index is 217. The third-order valence-corrected chi connectivity index (χ3v) is 3.68. The molecule has 2 amide bonds. The lowest BCUT2D eigenvalue weighted by molar-refractivity contribution is 0.158. The molecule has 82 valence electrons. The average molecular weight is 198 g/mol. The van der Waals surface area contributed by atoms with Crippen molar-refractivity contribution in [1.29, 1.82) is 0 Å². The molecule has 0 saturated carbocycles. The predicted molar refractivity (Wildman–Crippen MR) is 58.2 cm³/mol. The normalized spacial score (nSPS) is 32.1. The van der Waals surface area contributed by atoms with Crippen LogP contribution in [0.25, 0.3) is 0 Å². The third kappa shape index (κ3) is 1.86. The third-order valence-electron chi connectivity index (χ3n) is 3.68. The van der Waals surface area contributed by atoms with Crippen LogP contribution >= 0.6 is 0 Å². The summed E-state index contributed by atoms with van der Waals surface area (Å²) in [5.74, 6) is 1.24. The summed E-state index contributed by atoms with van der Waals surface area (Å²) in [6.07, 6.45) is 0. The van der Waals surface area contributed by atoms with E-state index in [-0.39, 0.29) is 6.03 Å². The molecule has 0 radical (unpaired) electrons. The summed E-state index contributed by atoms with van der Waals surface area (Å²) in [6, 6.07) is 0.558. The van der Waals surface area contributed by atoms with Gasteiger partial charge in [-0.25, -0.2) is 4.79 Å². The molecule has 1 aliphatic heterocycles. The van der Waals surface area contributed by atoms with Crippen LogP contribution in [0.1, 0.15) is 27.7 Å². The van der Waals surface area contributed by atoms with Crippen LogP contribution in [0.3, 0.4) is 0 Å². The second-order valence-corrected chi connectivity index (χ2v) is 4.53. The van der Waals surface area contributed by atoms with E-state index in [9.17, 15) is 4.79 Å². The van der Waals surface area contributed by atoms with Crippen molar-refractivity contribution in [2.75, 3.05) is 20.1 Å². The lowest BCUT2D eigenvalue weighted by Crippen LogP contribution is -2.43. The summed E-state index contributed by atoms with van der Waals surface area (Å²) in [5.41, 5.74) is 0. The van der Waals surface area contributed by atoms with E-state index in [4.69, 9.17) is 0 Å². The number of hydrogen-bond acceptors (Lipinski definition) is 1. The fourth-order valence-corrected chi connectivity index (χ4v) is 2.01. The Labute approximate surface area is 87.1 Å². The van der Waals surface area contributed by atoms with Gasteiger partial charge in [-0.1, -0.05) is 13.8 Å². The average Bonchev–Trinajstić information content (AvgIpc) is 2.43. The zero-order valence-electron chi connectivity index (χ0n) is 9.95. The molecule has 1 fully saturated rings. The van der Waals surface area contributed by atoms with E-state index in [2.05, 4.69) is 20.8 Å². The van der Waals surface area contributed by atoms with Crippen molar-refractivity contribution >= 4 is 6.03 Å². The number of carbonyl (C=O) groups is 1. The minimum Gasteiger partial charge on any atom is -0.328 e. The predicted octanol–water partition coefficient (Wildman–Crippen LogP) is 2.03. The molecule has 1 rings (SSSR count). The number of amides is 2. The van der Waals surface area contributed by atoms with Gasteiger partial charge in [-0.05, 0) is 25.7 Å². The van der Waals surface area contributed by atoms with Crippen molar-refractivity contribution in [3.05, 3.63) is 0 Å². The Morgan fingerprint density at radius 3 is 2.36 bits per heavy atom. The molecule has 0 N–H and O–H groups in total. The van der Waals surface area contributed by atoms with Gasteiger partial charge in [0.25, 0.3) is 0 Å². The van der Waals surface area contributed by atoms with Gasteiger partial charge in [0.15, 0.2) is 0 Å². The van der Waals surface area contributed by atoms with Crippen molar-refractivity contribution in [1.82, 2.24) is 9.80 Å². The van der Waals surface area contributed by atoms with E-state index in [0.717, 1.165) is 13.1 Å². The molecule has 0 spiro atoms. The van der Waals surface area contributed by atoms with Crippen LogP contribution in [0.15, 0.2) is 0 Å². The van der Waals surface area contributed by atoms with Crippen LogP contribution in [0.5, 0.6) is 0 Å². The largest absolute Gasteiger partial charge is 0.328 e. The molecule has 3 nitrogen and oxygen atoms in total. The minimum absolute atomic E-state index is 0.177. The smallest absolute Gasteiger partial charge is 0.319 e. The molecule has 0 aliphatic carbocycles. The Hall–Kier alpha value is -0.730. The molecular weight excluding hydrogens is 176 g/mol. The van der Waals surface area contributed by atoms with Gasteiger partial charge in [-0.3, -0.25) is 0 Å². The molecule has 3 atom stereocenters. The molecule has 0 aromatic heterocycles. The van der Waals surface area contributed by atoms with Crippen LogP contribution < -0.4 is 0 Å². The van der Waals surface area contributed by atoms with Crippen LogP contribution in [-0.4, -0.2) is 42.0 Å². The molecule has 1 aliphatic rings. The van der Waals surface area contributed by atoms with Gasteiger partial charge in [-0.2, -0.15) is 0 Å². The maximum Gasteiger partial charge on any atom is 0.319 e. The summed E-state index contributed by atoms with van der Waals surface area (Å²) in [4.78, 5) is 15.7. The van der Waals surface area contributed by atoms with E-state index in [1.807, 2.05) is 18.9 Å². The van der Waals surface area contributed by atoms with Gasteiger partial charge in [-0.15, -0.1) is 0 Å². The van der Waals surface area contributed by atoms with Crippen molar-refractivity contribution in [3.63, 3.8) is 0 Å². The summed E-state index contributed by atoms with van der Waals surface area (Å²) >= 11 is 0. The second-order valence-electron chi connectivity index (χ2n) is 4.53. The van der Waals surface area contributed by atoms with Gasteiger partial charge in [0.05, 0.1) is 0 Å². The van der Waals surface area contributed by atoms with E-state index in [1.165, 1.54) is 0 Å². The summed E-state index contributed by atoms with van der Waals surface area (Å²) in [7, 11) is 1.86.